The number of rotatable bonds is 3. The van der Waals surface area contributed by atoms with Crippen LogP contribution in [0.4, 0.5) is 10.1 Å². The molecule has 0 aliphatic carbocycles. The highest BCUT2D eigenvalue weighted by Gasteiger charge is 2.12. The number of aliphatic hydroxyl groups excluding tert-OH is 1. The van der Waals surface area contributed by atoms with Gasteiger partial charge in [0.15, 0.2) is 0 Å². The molecule has 0 fully saturated rings. The monoisotopic (exact) mass is 215 g/mol. The van der Waals surface area contributed by atoms with Crippen LogP contribution in [-0.4, -0.2) is 16.5 Å². The molecule has 2 unspecified atom stereocenters. The maximum atomic E-state index is 12.9. The normalized spacial score (nSPS) is 15.1. The highest BCUT2D eigenvalue weighted by Crippen LogP contribution is 2.30. The summed E-state index contributed by atoms with van der Waals surface area (Å²) in [5.41, 5.74) is 6.21. The van der Waals surface area contributed by atoms with E-state index in [0.29, 0.717) is 10.6 Å². The Labute approximate surface area is 87.3 Å². The molecular weight excluding hydrogens is 201 g/mol. The Morgan fingerprint density at radius 2 is 2.07 bits per heavy atom. The first-order valence-corrected chi connectivity index (χ1v) is 5.28. The first-order valence-electron chi connectivity index (χ1n) is 4.40. The SMILES string of the molecule is CC(O)C(C)Sc1cc(F)ccc1N. The van der Waals surface area contributed by atoms with E-state index < -0.39 is 6.10 Å². The van der Waals surface area contributed by atoms with Gasteiger partial charge >= 0.3 is 0 Å². The molecule has 1 rings (SSSR count). The third-order valence-corrected chi connectivity index (χ3v) is 3.34. The standard InChI is InChI=1S/C10H14FNOS/c1-6(13)7(2)14-10-5-8(11)3-4-9(10)12/h3-7,13H,12H2,1-2H3. The molecule has 1 aromatic carbocycles. The maximum Gasteiger partial charge on any atom is 0.124 e. The lowest BCUT2D eigenvalue weighted by Crippen LogP contribution is -2.15. The Balaban J connectivity index is 2.80. The van der Waals surface area contributed by atoms with Crippen molar-refractivity contribution < 1.29 is 9.50 Å². The van der Waals surface area contributed by atoms with Crippen LogP contribution in [0, 0.1) is 5.82 Å². The summed E-state index contributed by atoms with van der Waals surface area (Å²) in [7, 11) is 0. The summed E-state index contributed by atoms with van der Waals surface area (Å²) in [4.78, 5) is 0.679. The maximum absolute atomic E-state index is 12.9. The van der Waals surface area contributed by atoms with Gasteiger partial charge in [-0.3, -0.25) is 0 Å². The number of nitrogen functional groups attached to an aromatic ring is 1. The number of anilines is 1. The number of halogens is 1. The van der Waals surface area contributed by atoms with Crippen molar-refractivity contribution in [1.82, 2.24) is 0 Å². The molecule has 1 aromatic rings. The van der Waals surface area contributed by atoms with E-state index in [1.54, 1.807) is 6.92 Å². The molecule has 0 bridgehead atoms. The van der Waals surface area contributed by atoms with E-state index in [1.807, 2.05) is 6.92 Å². The molecule has 0 spiro atoms. The summed E-state index contributed by atoms with van der Waals surface area (Å²) < 4.78 is 12.9. The van der Waals surface area contributed by atoms with Gasteiger partial charge in [-0.1, -0.05) is 6.92 Å². The van der Waals surface area contributed by atoms with Gasteiger partial charge in [0.25, 0.3) is 0 Å². The van der Waals surface area contributed by atoms with Crippen LogP contribution in [-0.2, 0) is 0 Å². The molecule has 0 heterocycles. The van der Waals surface area contributed by atoms with Crippen molar-refractivity contribution in [1.29, 1.82) is 0 Å². The molecule has 2 atom stereocenters. The lowest BCUT2D eigenvalue weighted by molar-refractivity contribution is 0.196. The summed E-state index contributed by atoms with van der Waals surface area (Å²) in [6.07, 6.45) is -0.442. The Morgan fingerprint density at radius 1 is 1.43 bits per heavy atom. The lowest BCUT2D eigenvalue weighted by atomic mass is 10.3. The lowest BCUT2D eigenvalue weighted by Gasteiger charge is -2.15. The highest BCUT2D eigenvalue weighted by molar-refractivity contribution is 8.00. The minimum atomic E-state index is -0.442. The van der Waals surface area contributed by atoms with E-state index in [4.69, 9.17) is 5.73 Å². The van der Waals surface area contributed by atoms with Gasteiger partial charge in [0, 0.05) is 15.8 Å². The Kier molecular flexibility index (Phi) is 3.77. The molecule has 0 amide bonds. The van der Waals surface area contributed by atoms with E-state index in [0.717, 1.165) is 0 Å². The number of nitrogens with two attached hydrogens (primary N) is 1. The van der Waals surface area contributed by atoms with Crippen molar-refractivity contribution in [2.75, 3.05) is 5.73 Å². The summed E-state index contributed by atoms with van der Waals surface area (Å²) in [5.74, 6) is -0.306. The van der Waals surface area contributed by atoms with Gasteiger partial charge < -0.3 is 10.8 Å². The molecule has 0 saturated carbocycles. The van der Waals surface area contributed by atoms with Crippen LogP contribution in [0.5, 0.6) is 0 Å². The van der Waals surface area contributed by atoms with Gasteiger partial charge in [0.1, 0.15) is 5.82 Å². The molecule has 0 aliphatic heterocycles. The average Bonchev–Trinajstić information content (AvgIpc) is 2.11. The number of thioether (sulfide) groups is 1. The minimum absolute atomic E-state index is 0.000833. The largest absolute Gasteiger partial charge is 0.398 e. The van der Waals surface area contributed by atoms with Crippen molar-refractivity contribution in [3.8, 4) is 0 Å². The predicted octanol–water partition coefficient (Wildman–Crippen LogP) is 2.27. The molecule has 14 heavy (non-hydrogen) atoms. The zero-order valence-corrected chi connectivity index (χ0v) is 9.01. The van der Waals surface area contributed by atoms with Gasteiger partial charge in [0.05, 0.1) is 6.10 Å². The molecule has 78 valence electrons. The van der Waals surface area contributed by atoms with Gasteiger partial charge in [-0.2, -0.15) is 0 Å². The number of benzene rings is 1. The van der Waals surface area contributed by atoms with Gasteiger partial charge in [-0.25, -0.2) is 4.39 Å². The van der Waals surface area contributed by atoms with Crippen molar-refractivity contribution in [3.63, 3.8) is 0 Å². The highest BCUT2D eigenvalue weighted by atomic mass is 32.2. The summed E-state index contributed by atoms with van der Waals surface area (Å²) in [6.45, 7) is 3.58. The Bertz CT molecular complexity index is 317. The van der Waals surface area contributed by atoms with Crippen LogP contribution in [0.25, 0.3) is 0 Å². The average molecular weight is 215 g/mol. The van der Waals surface area contributed by atoms with Crippen LogP contribution >= 0.6 is 11.8 Å². The zero-order chi connectivity index (χ0) is 10.7. The first-order chi connectivity index (χ1) is 6.50. The van der Waals surface area contributed by atoms with Crippen molar-refractivity contribution in [3.05, 3.63) is 24.0 Å². The van der Waals surface area contributed by atoms with Crippen molar-refractivity contribution in [2.45, 2.75) is 30.1 Å². The second kappa shape index (κ2) is 4.66. The second-order valence-electron chi connectivity index (χ2n) is 3.25. The van der Waals surface area contributed by atoms with Crippen molar-refractivity contribution in [2.24, 2.45) is 0 Å². The quantitative estimate of drug-likeness (QED) is 0.600. The smallest absolute Gasteiger partial charge is 0.124 e. The molecule has 0 aliphatic rings. The third kappa shape index (κ3) is 2.89. The van der Waals surface area contributed by atoms with E-state index in [2.05, 4.69) is 0 Å². The van der Waals surface area contributed by atoms with Crippen molar-refractivity contribution >= 4 is 17.4 Å². The summed E-state index contributed by atoms with van der Waals surface area (Å²) >= 11 is 1.38. The fourth-order valence-electron chi connectivity index (χ4n) is 0.909. The number of hydrogen-bond donors (Lipinski definition) is 2. The first kappa shape index (κ1) is 11.3. The molecular formula is C10H14FNOS. The number of hydrogen-bond acceptors (Lipinski definition) is 3. The zero-order valence-electron chi connectivity index (χ0n) is 8.20. The van der Waals surface area contributed by atoms with Crippen LogP contribution in [0.15, 0.2) is 23.1 Å². The number of aliphatic hydroxyl groups is 1. The summed E-state index contributed by atoms with van der Waals surface area (Å²) in [5, 5.41) is 9.29. The van der Waals surface area contributed by atoms with Crippen LogP contribution < -0.4 is 5.73 Å². The fourth-order valence-corrected chi connectivity index (χ4v) is 1.89. The van der Waals surface area contributed by atoms with E-state index in [1.165, 1.54) is 30.0 Å². The summed E-state index contributed by atoms with van der Waals surface area (Å²) in [6, 6.07) is 4.25. The molecule has 2 nitrogen and oxygen atoms in total. The van der Waals surface area contributed by atoms with E-state index >= 15 is 0 Å². The Hall–Kier alpha value is -0.740. The minimum Gasteiger partial charge on any atom is -0.398 e. The second-order valence-corrected chi connectivity index (χ2v) is 4.66. The predicted molar refractivity (Wildman–Crippen MR) is 57.8 cm³/mol. The molecule has 0 radical (unpaired) electrons. The van der Waals surface area contributed by atoms with Gasteiger partial charge in [-0.05, 0) is 25.1 Å². The van der Waals surface area contributed by atoms with E-state index in [-0.39, 0.29) is 11.1 Å². The van der Waals surface area contributed by atoms with Crippen LogP contribution in [0.2, 0.25) is 0 Å². The third-order valence-electron chi connectivity index (χ3n) is 1.97. The molecule has 4 heteroatoms. The van der Waals surface area contributed by atoms with Crippen LogP contribution in [0.1, 0.15) is 13.8 Å². The van der Waals surface area contributed by atoms with Crippen LogP contribution in [0.3, 0.4) is 0 Å². The molecule has 0 saturated heterocycles. The molecule has 0 aromatic heterocycles. The topological polar surface area (TPSA) is 46.2 Å². The van der Waals surface area contributed by atoms with Gasteiger partial charge in [-0.15, -0.1) is 11.8 Å². The van der Waals surface area contributed by atoms with E-state index in [9.17, 15) is 9.50 Å². The fraction of sp³-hybridized carbons (Fsp3) is 0.400. The molecule has 3 N–H and O–H groups in total. The van der Waals surface area contributed by atoms with Gasteiger partial charge in [0.2, 0.25) is 0 Å². The Morgan fingerprint density at radius 3 is 2.64 bits per heavy atom.